The van der Waals surface area contributed by atoms with Crippen molar-refractivity contribution in [2.45, 2.75) is 25.4 Å². The van der Waals surface area contributed by atoms with Gasteiger partial charge in [0.15, 0.2) is 4.80 Å². The van der Waals surface area contributed by atoms with Crippen molar-refractivity contribution < 1.29 is 4.79 Å². The van der Waals surface area contributed by atoms with Crippen molar-refractivity contribution >= 4 is 38.9 Å². The summed E-state index contributed by atoms with van der Waals surface area (Å²) in [5, 5.41) is 1.92. The number of carbonyl (C=O) groups is 1. The SMILES string of the molecule is CN(C(=O)c1cs/c(=N\c2ccc(Br)cc2)n1CCCCN)C(c1ccccc1)c1ccccc1. The second-order valence-corrected chi connectivity index (χ2v) is 10.0. The zero-order valence-corrected chi connectivity index (χ0v) is 22.1. The van der Waals surface area contributed by atoms with Gasteiger partial charge in [0, 0.05) is 23.4 Å². The van der Waals surface area contributed by atoms with Gasteiger partial charge in [-0.05, 0) is 54.8 Å². The molecule has 2 N–H and O–H groups in total. The van der Waals surface area contributed by atoms with Gasteiger partial charge in [-0.25, -0.2) is 4.99 Å². The molecule has 0 fully saturated rings. The van der Waals surface area contributed by atoms with Gasteiger partial charge in [0.1, 0.15) is 5.69 Å². The highest BCUT2D eigenvalue weighted by Crippen LogP contribution is 2.29. The van der Waals surface area contributed by atoms with E-state index < -0.39 is 0 Å². The van der Waals surface area contributed by atoms with Gasteiger partial charge in [-0.2, -0.15) is 0 Å². The molecule has 0 bridgehead atoms. The molecule has 0 aliphatic rings. The Labute approximate surface area is 218 Å². The standard InChI is InChI=1S/C28H29BrN4OS/c1-32(26(21-10-4-2-5-11-21)22-12-6-3-7-13-22)27(34)25-20-35-28(33(25)19-9-8-18-30)31-24-16-14-23(29)15-17-24/h2-7,10-17,20,26H,8-9,18-19,30H2,1H3/b31-28-. The second-order valence-electron chi connectivity index (χ2n) is 8.28. The molecule has 35 heavy (non-hydrogen) atoms. The van der Waals surface area contributed by atoms with Crippen LogP contribution in [0.1, 0.15) is 40.5 Å². The minimum Gasteiger partial charge on any atom is -0.330 e. The summed E-state index contributed by atoms with van der Waals surface area (Å²) < 4.78 is 3.04. The van der Waals surface area contributed by atoms with E-state index in [0.717, 1.165) is 38.9 Å². The first-order valence-electron chi connectivity index (χ1n) is 11.6. The van der Waals surface area contributed by atoms with Crippen LogP contribution in [0.3, 0.4) is 0 Å². The summed E-state index contributed by atoms with van der Waals surface area (Å²) in [6.07, 6.45) is 1.77. The molecule has 4 aromatic rings. The minimum absolute atomic E-state index is 0.0380. The number of benzene rings is 3. The topological polar surface area (TPSA) is 63.6 Å². The summed E-state index contributed by atoms with van der Waals surface area (Å²) in [5.74, 6) is -0.0380. The van der Waals surface area contributed by atoms with E-state index in [4.69, 9.17) is 10.7 Å². The van der Waals surface area contributed by atoms with Crippen molar-refractivity contribution in [2.24, 2.45) is 10.7 Å². The lowest BCUT2D eigenvalue weighted by Crippen LogP contribution is -2.34. The van der Waals surface area contributed by atoms with Gasteiger partial charge < -0.3 is 15.2 Å². The van der Waals surface area contributed by atoms with E-state index in [2.05, 4.69) is 40.2 Å². The average Bonchev–Trinajstić information content (AvgIpc) is 3.28. The summed E-state index contributed by atoms with van der Waals surface area (Å²) in [6, 6.07) is 28.0. The van der Waals surface area contributed by atoms with Crippen molar-refractivity contribution in [3.05, 3.63) is 116 Å². The molecule has 0 spiro atoms. The number of halogens is 1. The Morgan fingerprint density at radius 3 is 2.14 bits per heavy atom. The quantitative estimate of drug-likeness (QED) is 0.255. The number of amides is 1. The Kier molecular flexibility index (Phi) is 8.69. The van der Waals surface area contributed by atoms with Crippen LogP contribution in [0.2, 0.25) is 0 Å². The van der Waals surface area contributed by atoms with Crippen molar-refractivity contribution in [1.29, 1.82) is 0 Å². The molecule has 0 unspecified atom stereocenters. The van der Waals surface area contributed by atoms with E-state index >= 15 is 0 Å². The number of unbranched alkanes of at least 4 members (excludes halogenated alkanes) is 1. The highest BCUT2D eigenvalue weighted by Gasteiger charge is 2.26. The Morgan fingerprint density at radius 1 is 0.971 bits per heavy atom. The number of hydrogen-bond donors (Lipinski definition) is 1. The molecule has 1 amide bonds. The lowest BCUT2D eigenvalue weighted by molar-refractivity contribution is 0.0743. The van der Waals surface area contributed by atoms with Crippen LogP contribution < -0.4 is 10.5 Å². The molecular weight excluding hydrogens is 520 g/mol. The van der Waals surface area contributed by atoms with Gasteiger partial charge in [0.05, 0.1) is 11.7 Å². The molecule has 1 aromatic heterocycles. The maximum Gasteiger partial charge on any atom is 0.271 e. The molecule has 0 aliphatic heterocycles. The number of rotatable bonds is 9. The number of nitrogens with zero attached hydrogens (tertiary/aromatic N) is 3. The number of nitrogens with two attached hydrogens (primary N) is 1. The van der Waals surface area contributed by atoms with E-state index in [9.17, 15) is 4.79 Å². The molecular formula is C28H29BrN4OS. The van der Waals surface area contributed by atoms with Gasteiger partial charge in [0.2, 0.25) is 0 Å². The number of carbonyl (C=O) groups excluding carboxylic acids is 1. The van der Waals surface area contributed by atoms with Crippen LogP contribution in [-0.4, -0.2) is 29.0 Å². The normalized spacial score (nSPS) is 11.7. The molecule has 0 saturated carbocycles. The first kappa shape index (κ1) is 25.1. The number of aromatic nitrogens is 1. The lowest BCUT2D eigenvalue weighted by Gasteiger charge is -2.29. The lowest BCUT2D eigenvalue weighted by atomic mass is 9.97. The molecule has 0 atom stereocenters. The fourth-order valence-electron chi connectivity index (χ4n) is 4.06. The second kappa shape index (κ2) is 12.1. The predicted octanol–water partition coefficient (Wildman–Crippen LogP) is 6.15. The molecule has 7 heteroatoms. The molecule has 5 nitrogen and oxygen atoms in total. The zero-order chi connectivity index (χ0) is 24.6. The predicted molar refractivity (Wildman–Crippen MR) is 147 cm³/mol. The number of hydrogen-bond acceptors (Lipinski definition) is 4. The molecule has 4 rings (SSSR count). The highest BCUT2D eigenvalue weighted by atomic mass is 79.9. The molecule has 180 valence electrons. The van der Waals surface area contributed by atoms with Crippen LogP contribution in [0, 0.1) is 0 Å². The van der Waals surface area contributed by atoms with Crippen LogP contribution in [0.25, 0.3) is 0 Å². The molecule has 0 aliphatic carbocycles. The van der Waals surface area contributed by atoms with Crippen LogP contribution in [0.5, 0.6) is 0 Å². The van der Waals surface area contributed by atoms with Crippen molar-refractivity contribution in [2.75, 3.05) is 13.6 Å². The van der Waals surface area contributed by atoms with Gasteiger partial charge in [-0.3, -0.25) is 4.79 Å². The summed E-state index contributed by atoms with van der Waals surface area (Å²) >= 11 is 4.96. The Morgan fingerprint density at radius 2 is 1.57 bits per heavy atom. The summed E-state index contributed by atoms with van der Waals surface area (Å²) in [7, 11) is 1.88. The maximum atomic E-state index is 13.9. The smallest absolute Gasteiger partial charge is 0.271 e. The van der Waals surface area contributed by atoms with E-state index in [-0.39, 0.29) is 11.9 Å². The third-order valence-electron chi connectivity index (χ3n) is 5.84. The van der Waals surface area contributed by atoms with Gasteiger partial charge in [-0.1, -0.05) is 76.6 Å². The average molecular weight is 550 g/mol. The fraction of sp³-hybridized carbons (Fsp3) is 0.214. The third-order valence-corrected chi connectivity index (χ3v) is 7.23. The summed E-state index contributed by atoms with van der Waals surface area (Å²) in [5.41, 5.74) is 9.38. The van der Waals surface area contributed by atoms with Gasteiger partial charge in [-0.15, -0.1) is 11.3 Å². The first-order chi connectivity index (χ1) is 17.1. The summed E-state index contributed by atoms with van der Waals surface area (Å²) in [4.78, 5) is 21.4. The van der Waals surface area contributed by atoms with Crippen molar-refractivity contribution in [3.8, 4) is 0 Å². The van der Waals surface area contributed by atoms with Gasteiger partial charge >= 0.3 is 0 Å². The molecule has 3 aromatic carbocycles. The monoisotopic (exact) mass is 548 g/mol. The molecule has 0 saturated heterocycles. The zero-order valence-electron chi connectivity index (χ0n) is 19.7. The molecule has 1 heterocycles. The highest BCUT2D eigenvalue weighted by molar-refractivity contribution is 9.10. The van der Waals surface area contributed by atoms with Crippen LogP contribution in [-0.2, 0) is 6.54 Å². The van der Waals surface area contributed by atoms with Crippen LogP contribution in [0.15, 0.2) is 99.8 Å². The minimum atomic E-state index is -0.200. The van der Waals surface area contributed by atoms with Crippen molar-refractivity contribution in [3.63, 3.8) is 0 Å². The summed E-state index contributed by atoms with van der Waals surface area (Å²) in [6.45, 7) is 1.31. The Hall–Kier alpha value is -3.00. The third kappa shape index (κ3) is 6.17. The van der Waals surface area contributed by atoms with Crippen molar-refractivity contribution in [1.82, 2.24) is 9.47 Å². The largest absolute Gasteiger partial charge is 0.330 e. The Bertz CT molecular complexity index is 1260. The fourth-order valence-corrected chi connectivity index (χ4v) is 5.24. The van der Waals surface area contributed by atoms with Crippen LogP contribution >= 0.6 is 27.3 Å². The van der Waals surface area contributed by atoms with Crippen LogP contribution in [0.4, 0.5) is 5.69 Å². The Balaban J connectivity index is 1.74. The van der Waals surface area contributed by atoms with E-state index in [1.54, 1.807) is 0 Å². The maximum absolute atomic E-state index is 13.9. The van der Waals surface area contributed by atoms with E-state index in [1.165, 1.54) is 11.3 Å². The number of thiazole rings is 1. The van der Waals surface area contributed by atoms with E-state index in [0.29, 0.717) is 18.8 Å². The van der Waals surface area contributed by atoms with Gasteiger partial charge in [0.25, 0.3) is 5.91 Å². The first-order valence-corrected chi connectivity index (χ1v) is 13.3. The van der Waals surface area contributed by atoms with E-state index in [1.807, 2.05) is 82.6 Å². The molecule has 0 radical (unpaired) electrons.